The largest absolute Gasteiger partial charge is 0.505 e. The Morgan fingerprint density at radius 3 is 2.68 bits per heavy atom. The van der Waals surface area contributed by atoms with Gasteiger partial charge in [0.25, 0.3) is 11.5 Å². The zero-order valence-corrected chi connectivity index (χ0v) is 28.7. The molecule has 0 radical (unpaired) electrons. The van der Waals surface area contributed by atoms with Crippen molar-refractivity contribution >= 4 is 51.2 Å². The van der Waals surface area contributed by atoms with Gasteiger partial charge in [-0.05, 0) is 56.0 Å². The average molecular weight is 751 g/mol. The molecule has 2 amide bonds. The van der Waals surface area contributed by atoms with Crippen molar-refractivity contribution in [1.82, 2.24) is 34.0 Å². The predicted octanol–water partition coefficient (Wildman–Crippen LogP) is 4.88. The summed E-state index contributed by atoms with van der Waals surface area (Å²) >= 11 is 6.14. The Balaban J connectivity index is 1.15. The summed E-state index contributed by atoms with van der Waals surface area (Å²) in [5.74, 6) is -1.07. The highest BCUT2D eigenvalue weighted by atomic mass is 35.5. The molecule has 5 aromatic rings. The van der Waals surface area contributed by atoms with Gasteiger partial charge in [0, 0.05) is 42.5 Å². The highest BCUT2D eigenvalue weighted by Gasteiger charge is 2.50. The van der Waals surface area contributed by atoms with Crippen molar-refractivity contribution in [3.63, 3.8) is 0 Å². The van der Waals surface area contributed by atoms with Gasteiger partial charge in [0.05, 0.1) is 46.8 Å². The van der Waals surface area contributed by atoms with Gasteiger partial charge in [0.1, 0.15) is 12.1 Å². The van der Waals surface area contributed by atoms with Crippen LogP contribution < -0.4 is 10.9 Å². The Hall–Kier alpha value is -5.39. The number of hydrogen-bond donors (Lipinski definition) is 2. The van der Waals surface area contributed by atoms with E-state index in [1.807, 2.05) is 6.08 Å². The summed E-state index contributed by atoms with van der Waals surface area (Å²) in [7, 11) is 0. The second-order valence-corrected chi connectivity index (χ2v) is 13.5. The first-order valence-corrected chi connectivity index (χ1v) is 17.1. The third kappa shape index (κ3) is 5.97. The van der Waals surface area contributed by atoms with E-state index in [-0.39, 0.29) is 65.3 Å². The van der Waals surface area contributed by atoms with Crippen LogP contribution in [0.15, 0.2) is 53.7 Å². The topological polar surface area (TPSA) is 166 Å². The number of hydrogen-bond acceptors (Lipinski definition) is 10. The van der Waals surface area contributed by atoms with E-state index in [9.17, 15) is 32.7 Å². The average Bonchev–Trinajstić information content (AvgIpc) is 3.71. The zero-order valence-electron chi connectivity index (χ0n) is 28.0. The predicted molar refractivity (Wildman–Crippen MR) is 183 cm³/mol. The van der Waals surface area contributed by atoms with Crippen LogP contribution in [0.5, 0.6) is 5.75 Å². The number of benzene rings is 1. The molecule has 2 N–H and O–H groups in total. The molecule has 1 saturated heterocycles. The number of anilines is 1. The number of aromatic nitrogens is 6. The van der Waals surface area contributed by atoms with Gasteiger partial charge in [-0.2, -0.15) is 22.7 Å². The van der Waals surface area contributed by atoms with E-state index in [4.69, 9.17) is 21.1 Å². The highest BCUT2D eigenvalue weighted by molar-refractivity contribution is 6.33. The summed E-state index contributed by atoms with van der Waals surface area (Å²) in [6.45, 7) is 2.40. The molecule has 3 aliphatic rings. The van der Waals surface area contributed by atoms with Crippen molar-refractivity contribution in [3.8, 4) is 5.75 Å². The SMILES string of the molecule is C[C@H]1OC2(CCN(C(=O)c3ncc4ccncc4c3O)CC2)c2c1n(CC(=O)Nc1ccc(C(F)(F)F)cc1Cl)c1nc(C3=CCOCC3)nn1c2=O. The van der Waals surface area contributed by atoms with Gasteiger partial charge in [-0.15, -0.1) is 5.10 Å². The number of likely N-dealkylation sites (tertiary alicyclic amines) is 1. The summed E-state index contributed by atoms with van der Waals surface area (Å²) in [6.07, 6.45) is 1.88. The second kappa shape index (κ2) is 12.9. The fourth-order valence-corrected chi connectivity index (χ4v) is 7.54. The van der Waals surface area contributed by atoms with Crippen molar-refractivity contribution in [3.05, 3.63) is 92.6 Å². The minimum absolute atomic E-state index is 0.0334. The molecular formula is C35H30ClF3N8O6. The van der Waals surface area contributed by atoms with Crippen LogP contribution in [0.2, 0.25) is 5.02 Å². The van der Waals surface area contributed by atoms with Crippen LogP contribution in [0.25, 0.3) is 22.1 Å². The number of aromatic hydroxyl groups is 1. The van der Waals surface area contributed by atoms with Crippen molar-refractivity contribution in [1.29, 1.82) is 0 Å². The molecule has 18 heteroatoms. The first-order valence-electron chi connectivity index (χ1n) is 16.7. The molecule has 4 aromatic heterocycles. The molecule has 1 fully saturated rings. The molecule has 1 aromatic carbocycles. The molecule has 1 spiro atoms. The van der Waals surface area contributed by atoms with Crippen molar-refractivity contribution < 1.29 is 37.3 Å². The Bertz CT molecular complexity index is 2420. The number of amides is 2. The number of fused-ring (bicyclic) bond motifs is 4. The summed E-state index contributed by atoms with van der Waals surface area (Å²) in [5.41, 5.74) is -1.37. The fourth-order valence-electron chi connectivity index (χ4n) is 7.31. The third-order valence-corrected chi connectivity index (χ3v) is 10.2. The lowest BCUT2D eigenvalue weighted by molar-refractivity contribution is -0.137. The number of rotatable bonds is 5. The lowest BCUT2D eigenvalue weighted by atomic mass is 9.85. The van der Waals surface area contributed by atoms with Crippen LogP contribution in [-0.2, 0) is 32.6 Å². The van der Waals surface area contributed by atoms with Gasteiger partial charge in [0.2, 0.25) is 11.7 Å². The molecule has 8 rings (SSSR count). The van der Waals surface area contributed by atoms with Gasteiger partial charge in [-0.3, -0.25) is 19.4 Å². The number of halogens is 4. The molecule has 0 unspecified atom stereocenters. The smallest absolute Gasteiger partial charge is 0.416 e. The van der Waals surface area contributed by atoms with Crippen LogP contribution in [0.4, 0.5) is 18.9 Å². The number of nitrogens with zero attached hydrogens (tertiary/aromatic N) is 7. The Labute approximate surface area is 302 Å². The van der Waals surface area contributed by atoms with Crippen LogP contribution in [0, 0.1) is 0 Å². The first-order chi connectivity index (χ1) is 25.3. The van der Waals surface area contributed by atoms with Gasteiger partial charge >= 0.3 is 6.18 Å². The van der Waals surface area contributed by atoms with E-state index in [0.29, 0.717) is 36.1 Å². The number of alkyl halides is 3. The van der Waals surface area contributed by atoms with Crippen LogP contribution in [-0.4, -0.2) is 77.3 Å². The maximum Gasteiger partial charge on any atom is 0.416 e. The minimum atomic E-state index is -4.62. The minimum Gasteiger partial charge on any atom is -0.505 e. The van der Waals surface area contributed by atoms with Crippen LogP contribution in [0.3, 0.4) is 0 Å². The van der Waals surface area contributed by atoms with Crippen LogP contribution in [0.1, 0.15) is 65.4 Å². The Morgan fingerprint density at radius 1 is 1.17 bits per heavy atom. The van der Waals surface area contributed by atoms with E-state index in [1.165, 1.54) is 21.9 Å². The molecule has 7 heterocycles. The number of nitrogens with one attached hydrogen (secondary N) is 1. The molecule has 0 saturated carbocycles. The third-order valence-electron chi connectivity index (χ3n) is 9.88. The number of carbonyl (C=O) groups is 2. The number of piperidine rings is 1. The first kappa shape index (κ1) is 34.7. The fraction of sp³-hybridized carbons (Fsp3) is 0.343. The number of pyridine rings is 2. The Kier molecular flexibility index (Phi) is 8.46. The monoisotopic (exact) mass is 750 g/mol. The number of ether oxygens (including phenoxy) is 2. The maximum absolute atomic E-state index is 14.4. The van der Waals surface area contributed by atoms with Crippen molar-refractivity contribution in [2.75, 3.05) is 31.6 Å². The normalized spacial score (nSPS) is 18.4. The second-order valence-electron chi connectivity index (χ2n) is 13.1. The molecule has 1 atom stereocenters. The van der Waals surface area contributed by atoms with E-state index in [0.717, 1.165) is 28.3 Å². The van der Waals surface area contributed by atoms with Gasteiger partial charge < -0.3 is 29.4 Å². The van der Waals surface area contributed by atoms with Crippen LogP contribution >= 0.6 is 11.6 Å². The van der Waals surface area contributed by atoms with E-state index < -0.39 is 47.4 Å². The van der Waals surface area contributed by atoms with Gasteiger partial charge in [0.15, 0.2) is 17.3 Å². The molecule has 14 nitrogen and oxygen atoms in total. The summed E-state index contributed by atoms with van der Waals surface area (Å²) < 4.78 is 54.4. The molecule has 0 aliphatic carbocycles. The van der Waals surface area contributed by atoms with E-state index in [1.54, 1.807) is 19.2 Å². The van der Waals surface area contributed by atoms with Crippen molar-refractivity contribution in [2.45, 2.75) is 50.6 Å². The van der Waals surface area contributed by atoms with E-state index in [2.05, 4.69) is 25.4 Å². The summed E-state index contributed by atoms with van der Waals surface area (Å²) in [4.78, 5) is 56.1. The standard InChI is InChI=1S/C35H30ClF3N8O6/c1-18-28-26(34(53-18)7-10-45(11-8-34)32(51)27-29(49)22-16-40-9-4-20(22)15-41-27)31(50)47-33(43-30(44-47)19-5-12-52-13-6-19)46(28)17-25(48)42-24-3-2-21(14-23(24)36)35(37,38)39/h2-5,9,14-16,18,49H,6-8,10-13,17H2,1H3,(H,42,48)/t18-/m1/s1. The van der Waals surface area contributed by atoms with Gasteiger partial charge in [-0.1, -0.05) is 17.7 Å². The highest BCUT2D eigenvalue weighted by Crippen LogP contribution is 2.48. The summed E-state index contributed by atoms with van der Waals surface area (Å²) in [6, 6.07) is 4.28. The lowest BCUT2D eigenvalue weighted by Crippen LogP contribution is -2.47. The molecule has 274 valence electrons. The molecule has 0 bridgehead atoms. The zero-order chi connectivity index (χ0) is 37.2. The van der Waals surface area contributed by atoms with E-state index >= 15 is 0 Å². The molecule has 53 heavy (non-hydrogen) atoms. The Morgan fingerprint density at radius 2 is 1.96 bits per heavy atom. The summed E-state index contributed by atoms with van der Waals surface area (Å²) in [5, 5.41) is 18.7. The lowest BCUT2D eigenvalue weighted by Gasteiger charge is -2.39. The quantitative estimate of drug-likeness (QED) is 0.253. The molecule has 3 aliphatic heterocycles. The molecular weight excluding hydrogens is 721 g/mol. The van der Waals surface area contributed by atoms with Gasteiger partial charge in [-0.25, -0.2) is 4.98 Å². The maximum atomic E-state index is 14.4. The van der Waals surface area contributed by atoms with Crippen molar-refractivity contribution in [2.24, 2.45) is 0 Å². The number of carbonyl (C=O) groups excluding carboxylic acids is 2.